The fraction of sp³-hybridized carbons (Fsp3) is 0.848. The Morgan fingerprint density at radius 2 is 0.943 bits per heavy atom. The van der Waals surface area contributed by atoms with Crippen LogP contribution in [0.2, 0.25) is 0 Å². The highest BCUT2D eigenvalue weighted by Gasteiger charge is 2.19. The summed E-state index contributed by atoms with van der Waals surface area (Å²) < 4.78 is 6.03. The van der Waals surface area contributed by atoms with Gasteiger partial charge in [0.15, 0.2) is 0 Å². The first-order valence-electron chi connectivity index (χ1n) is 22.7. The molecule has 0 aliphatic rings. The molecule has 0 saturated carbocycles. The van der Waals surface area contributed by atoms with Crippen molar-refractivity contribution in [1.29, 1.82) is 0 Å². The molecule has 0 aromatic carbocycles. The van der Waals surface area contributed by atoms with Crippen LogP contribution >= 0.6 is 0 Å². The van der Waals surface area contributed by atoms with Crippen molar-refractivity contribution in [3.8, 4) is 0 Å². The highest BCUT2D eigenvalue weighted by molar-refractivity contribution is 5.83. The maximum atomic E-state index is 12.8. The number of carboxylic acids is 1. The van der Waals surface area contributed by atoms with Gasteiger partial charge in [0, 0.05) is 12.8 Å². The topological polar surface area (TPSA) is 119 Å². The lowest BCUT2D eigenvalue weighted by atomic mass is 10.0. The summed E-state index contributed by atoms with van der Waals surface area (Å²) in [5.74, 6) is -1.25. The van der Waals surface area contributed by atoms with Crippen molar-refractivity contribution < 1.29 is 24.2 Å². The van der Waals surface area contributed by atoms with E-state index in [4.69, 9.17) is 10.5 Å². The number of amides is 1. The number of aliphatic carboxylic acids is 1. The van der Waals surface area contributed by atoms with Crippen LogP contribution in [-0.2, 0) is 19.1 Å². The van der Waals surface area contributed by atoms with Gasteiger partial charge in [0.25, 0.3) is 0 Å². The monoisotopic (exact) mass is 747 g/mol. The van der Waals surface area contributed by atoms with E-state index in [1.807, 2.05) is 0 Å². The number of ether oxygens (including phenoxy) is 1. The number of nitrogens with two attached hydrogens (primary N) is 1. The normalized spacial score (nSPS) is 12.8. The van der Waals surface area contributed by atoms with Crippen LogP contribution < -0.4 is 11.1 Å². The lowest BCUT2D eigenvalue weighted by Gasteiger charge is -2.18. The SMILES string of the molecule is CCCCCCC/C=C\CCCCCCCC(=O)OC(CCC/C=C\CCCCCCCCCC)CCCCCCCC(=O)NC(CCCN)C(=O)O. The van der Waals surface area contributed by atoms with E-state index in [0.717, 1.165) is 70.6 Å². The van der Waals surface area contributed by atoms with E-state index in [1.54, 1.807) is 0 Å². The summed E-state index contributed by atoms with van der Waals surface area (Å²) in [5.41, 5.74) is 5.49. The number of carbonyl (C=O) groups is 3. The van der Waals surface area contributed by atoms with Crippen molar-refractivity contribution >= 4 is 17.8 Å². The van der Waals surface area contributed by atoms with E-state index < -0.39 is 12.0 Å². The largest absolute Gasteiger partial charge is 0.480 e. The number of rotatable bonds is 41. The van der Waals surface area contributed by atoms with Crippen LogP contribution in [0.5, 0.6) is 0 Å². The van der Waals surface area contributed by atoms with E-state index in [9.17, 15) is 19.5 Å². The second kappa shape index (κ2) is 41.0. The maximum absolute atomic E-state index is 12.8. The summed E-state index contributed by atoms with van der Waals surface area (Å²) >= 11 is 0. The first-order chi connectivity index (χ1) is 25.9. The van der Waals surface area contributed by atoms with Gasteiger partial charge >= 0.3 is 11.9 Å². The molecule has 7 nitrogen and oxygen atoms in total. The zero-order valence-electron chi connectivity index (χ0n) is 34.9. The van der Waals surface area contributed by atoms with E-state index in [-0.39, 0.29) is 18.0 Å². The predicted molar refractivity (Wildman–Crippen MR) is 225 cm³/mol. The van der Waals surface area contributed by atoms with Gasteiger partial charge in [-0.15, -0.1) is 0 Å². The number of esters is 1. The van der Waals surface area contributed by atoms with Gasteiger partial charge in [-0.1, -0.05) is 147 Å². The number of unbranched alkanes of at least 4 members (excludes halogenated alkanes) is 23. The number of nitrogens with one attached hydrogen (secondary N) is 1. The third-order valence-electron chi connectivity index (χ3n) is 10.2. The third-order valence-corrected chi connectivity index (χ3v) is 10.2. The predicted octanol–water partition coefficient (Wildman–Crippen LogP) is 12.8. The molecular formula is C46H86N2O5. The van der Waals surface area contributed by atoms with Gasteiger partial charge in [0.2, 0.25) is 5.91 Å². The van der Waals surface area contributed by atoms with E-state index in [0.29, 0.717) is 32.2 Å². The summed E-state index contributed by atoms with van der Waals surface area (Å²) in [6, 6.07) is -0.858. The molecule has 4 N–H and O–H groups in total. The molecule has 0 radical (unpaired) electrons. The molecular weight excluding hydrogens is 661 g/mol. The summed E-state index contributed by atoms with van der Waals surface area (Å²) in [7, 11) is 0. The second-order valence-electron chi connectivity index (χ2n) is 15.5. The minimum Gasteiger partial charge on any atom is -0.480 e. The third kappa shape index (κ3) is 37.9. The first-order valence-corrected chi connectivity index (χ1v) is 22.7. The van der Waals surface area contributed by atoms with Gasteiger partial charge in [-0.2, -0.15) is 0 Å². The van der Waals surface area contributed by atoms with Gasteiger partial charge in [-0.25, -0.2) is 4.79 Å². The number of hydrogen-bond donors (Lipinski definition) is 3. The van der Waals surface area contributed by atoms with Crippen LogP contribution in [0.25, 0.3) is 0 Å². The molecule has 0 aromatic heterocycles. The van der Waals surface area contributed by atoms with E-state index in [1.165, 1.54) is 122 Å². The molecule has 310 valence electrons. The molecule has 0 aromatic rings. The lowest BCUT2D eigenvalue weighted by molar-refractivity contribution is -0.150. The van der Waals surface area contributed by atoms with Crippen molar-refractivity contribution in [1.82, 2.24) is 5.32 Å². The summed E-state index contributed by atoms with van der Waals surface area (Å²) in [4.78, 5) is 36.4. The molecule has 2 unspecified atom stereocenters. The minimum absolute atomic E-state index is 0.0192. The Morgan fingerprint density at radius 3 is 1.43 bits per heavy atom. The fourth-order valence-corrected chi connectivity index (χ4v) is 6.80. The van der Waals surface area contributed by atoms with E-state index in [2.05, 4.69) is 43.5 Å². The molecule has 0 aliphatic carbocycles. The standard InChI is InChI=1S/C46H86N2O5/c1-3-5-7-9-11-13-15-17-19-21-23-25-30-34-40-45(50)53-42(36-31-27-24-22-20-18-16-14-12-10-8-6-4-2)37-32-28-26-29-33-39-44(49)48-43(46(51)52)38-35-41-47/h15,17,22,24,42-43H,3-14,16,18-21,23,25-41,47H2,1-2H3,(H,48,49)(H,51,52)/b17-15-,24-22-. The van der Waals surface area contributed by atoms with Crippen molar-refractivity contribution in [3.63, 3.8) is 0 Å². The van der Waals surface area contributed by atoms with Crippen LogP contribution in [0.1, 0.15) is 232 Å². The number of allylic oxidation sites excluding steroid dienone is 4. The van der Waals surface area contributed by atoms with Crippen molar-refractivity contribution in [2.24, 2.45) is 5.73 Å². The molecule has 0 spiro atoms. The molecule has 0 saturated heterocycles. The van der Waals surface area contributed by atoms with Crippen LogP contribution in [0.15, 0.2) is 24.3 Å². The Hall–Kier alpha value is -2.15. The highest BCUT2D eigenvalue weighted by Crippen LogP contribution is 2.18. The number of carboxylic acid groups (broad SMARTS) is 1. The average Bonchev–Trinajstić information content (AvgIpc) is 3.14. The zero-order valence-corrected chi connectivity index (χ0v) is 34.9. The average molecular weight is 747 g/mol. The maximum Gasteiger partial charge on any atom is 0.326 e. The summed E-state index contributed by atoms with van der Waals surface area (Å²) in [5, 5.41) is 11.9. The van der Waals surface area contributed by atoms with Gasteiger partial charge < -0.3 is 20.9 Å². The van der Waals surface area contributed by atoms with Gasteiger partial charge in [0.1, 0.15) is 12.1 Å². The second-order valence-corrected chi connectivity index (χ2v) is 15.5. The molecule has 0 bridgehead atoms. The van der Waals surface area contributed by atoms with Crippen LogP contribution in [0, 0.1) is 0 Å². The van der Waals surface area contributed by atoms with Gasteiger partial charge in [-0.3, -0.25) is 9.59 Å². The van der Waals surface area contributed by atoms with Gasteiger partial charge in [0.05, 0.1) is 0 Å². The molecule has 2 atom stereocenters. The summed E-state index contributed by atoms with van der Waals surface area (Å²) in [6.45, 7) is 4.94. The highest BCUT2D eigenvalue weighted by atomic mass is 16.5. The smallest absolute Gasteiger partial charge is 0.326 e. The fourth-order valence-electron chi connectivity index (χ4n) is 6.80. The molecule has 0 heterocycles. The Kier molecular flexibility index (Phi) is 39.4. The molecule has 1 amide bonds. The van der Waals surface area contributed by atoms with Crippen molar-refractivity contribution in [2.45, 2.75) is 244 Å². The van der Waals surface area contributed by atoms with Crippen LogP contribution in [0.3, 0.4) is 0 Å². The van der Waals surface area contributed by atoms with E-state index >= 15 is 0 Å². The molecule has 0 rings (SSSR count). The van der Waals surface area contributed by atoms with Gasteiger partial charge in [-0.05, 0) is 103 Å². The van der Waals surface area contributed by atoms with Crippen LogP contribution in [-0.4, -0.2) is 41.6 Å². The zero-order chi connectivity index (χ0) is 38.9. The lowest BCUT2D eigenvalue weighted by Crippen LogP contribution is -2.40. The molecule has 7 heteroatoms. The Labute approximate surface area is 327 Å². The van der Waals surface area contributed by atoms with Crippen molar-refractivity contribution in [2.75, 3.05) is 6.54 Å². The quantitative estimate of drug-likeness (QED) is 0.0325. The molecule has 0 fully saturated rings. The summed E-state index contributed by atoms with van der Waals surface area (Å²) in [6.07, 6.45) is 46.5. The van der Waals surface area contributed by atoms with Crippen LogP contribution in [0.4, 0.5) is 0 Å². The Morgan fingerprint density at radius 1 is 0.528 bits per heavy atom. The first kappa shape index (κ1) is 50.9. The number of hydrogen-bond acceptors (Lipinski definition) is 5. The minimum atomic E-state index is -1.01. The molecule has 53 heavy (non-hydrogen) atoms. The molecule has 0 aliphatic heterocycles. The number of carbonyl (C=O) groups excluding carboxylic acids is 2. The Balaban J connectivity index is 4.36. The van der Waals surface area contributed by atoms with Crippen molar-refractivity contribution in [3.05, 3.63) is 24.3 Å². The Bertz CT molecular complexity index is 889.